The van der Waals surface area contributed by atoms with Gasteiger partial charge in [-0.05, 0) is 72.1 Å². The van der Waals surface area contributed by atoms with Gasteiger partial charge in [-0.2, -0.15) is 0 Å². The van der Waals surface area contributed by atoms with Crippen LogP contribution in [0.15, 0.2) is 97.2 Å². The summed E-state index contributed by atoms with van der Waals surface area (Å²) < 4.78 is 18.9. The summed E-state index contributed by atoms with van der Waals surface area (Å²) in [4.78, 5) is 22.5. The Hall–Kier alpha value is -3.36. The number of para-hydroxylation sites is 1. The number of halogens is 1. The number of thioether (sulfide) groups is 1. The molecule has 1 amide bonds. The third-order valence-corrected chi connectivity index (χ3v) is 6.27. The maximum Gasteiger partial charge on any atom is 0.264 e. The van der Waals surface area contributed by atoms with Crippen LogP contribution in [0.5, 0.6) is 0 Å². The number of carbonyl (C=O) groups excluding carboxylic acids is 1. The molecule has 1 fully saturated rings. The lowest BCUT2D eigenvalue weighted by atomic mass is 10.2. The maximum absolute atomic E-state index is 13.0. The van der Waals surface area contributed by atoms with Gasteiger partial charge in [0.15, 0.2) is 10.3 Å². The second kappa shape index (κ2) is 8.41. The first-order chi connectivity index (χ1) is 15.1. The number of aliphatic imine (C=N–C) groups is 1. The largest absolute Gasteiger partial charge is 0.450 e. The summed E-state index contributed by atoms with van der Waals surface area (Å²) >= 11 is 2.69. The molecule has 1 saturated heterocycles. The fourth-order valence-electron chi connectivity index (χ4n) is 2.98. The zero-order chi connectivity index (χ0) is 21.2. The van der Waals surface area contributed by atoms with Crippen LogP contribution in [-0.2, 0) is 4.79 Å². The van der Waals surface area contributed by atoms with Gasteiger partial charge < -0.3 is 9.73 Å². The molecule has 2 aromatic heterocycles. The quantitative estimate of drug-likeness (QED) is 0.388. The third-order valence-electron chi connectivity index (χ3n) is 4.39. The maximum atomic E-state index is 13.0. The van der Waals surface area contributed by atoms with Gasteiger partial charge in [-0.3, -0.25) is 9.78 Å². The summed E-state index contributed by atoms with van der Waals surface area (Å²) in [5.41, 5.74) is 1.48. The van der Waals surface area contributed by atoms with E-state index in [1.165, 1.54) is 35.7 Å². The summed E-state index contributed by atoms with van der Waals surface area (Å²) in [5, 5.41) is 4.91. The van der Waals surface area contributed by atoms with Gasteiger partial charge in [0.1, 0.15) is 11.6 Å². The van der Waals surface area contributed by atoms with Crippen molar-refractivity contribution in [3.8, 4) is 0 Å². The van der Waals surface area contributed by atoms with E-state index in [-0.39, 0.29) is 11.7 Å². The van der Waals surface area contributed by atoms with E-state index in [1.807, 2.05) is 42.5 Å². The van der Waals surface area contributed by atoms with Crippen LogP contribution in [0.2, 0.25) is 0 Å². The number of nitrogens with zero attached hydrogens (tertiary/aromatic N) is 2. The lowest BCUT2D eigenvalue weighted by Gasteiger charge is -2.02. The summed E-state index contributed by atoms with van der Waals surface area (Å²) in [6, 6.07) is 19.4. The molecule has 4 aromatic rings. The molecule has 5 rings (SSSR count). The van der Waals surface area contributed by atoms with Crippen LogP contribution in [0, 0.1) is 5.82 Å². The third kappa shape index (κ3) is 4.40. The Morgan fingerprint density at radius 2 is 1.90 bits per heavy atom. The second-order valence-electron chi connectivity index (χ2n) is 6.55. The molecule has 2 aromatic carbocycles. The van der Waals surface area contributed by atoms with Gasteiger partial charge in [-0.1, -0.05) is 18.2 Å². The van der Waals surface area contributed by atoms with E-state index in [9.17, 15) is 9.18 Å². The molecule has 1 aliphatic rings. The number of nitrogens with one attached hydrogen (secondary N) is 1. The van der Waals surface area contributed by atoms with Crippen LogP contribution in [0.25, 0.3) is 17.0 Å². The number of pyridine rings is 1. The van der Waals surface area contributed by atoms with Crippen LogP contribution in [0.4, 0.5) is 10.1 Å². The van der Waals surface area contributed by atoms with Crippen molar-refractivity contribution in [1.82, 2.24) is 10.3 Å². The van der Waals surface area contributed by atoms with Crippen molar-refractivity contribution in [2.24, 2.45) is 4.99 Å². The van der Waals surface area contributed by atoms with Crippen molar-refractivity contribution in [1.29, 1.82) is 0 Å². The second-order valence-corrected chi connectivity index (χ2v) is 8.63. The average Bonchev–Trinajstić information content (AvgIpc) is 3.36. The highest BCUT2D eigenvalue weighted by molar-refractivity contribution is 8.18. The number of hydrogen-bond acceptors (Lipinski definition) is 6. The van der Waals surface area contributed by atoms with Crippen molar-refractivity contribution in [2.45, 2.75) is 9.99 Å². The molecule has 0 atom stereocenters. The van der Waals surface area contributed by atoms with Crippen molar-refractivity contribution in [2.75, 3.05) is 0 Å². The Labute approximate surface area is 185 Å². The average molecular weight is 448 g/mol. The topological polar surface area (TPSA) is 67.5 Å². The van der Waals surface area contributed by atoms with Crippen LogP contribution in [-0.4, -0.2) is 16.1 Å². The minimum absolute atomic E-state index is 0.255. The number of aromatic nitrogens is 1. The first-order valence-corrected chi connectivity index (χ1v) is 10.9. The van der Waals surface area contributed by atoms with E-state index in [0.717, 1.165) is 15.8 Å². The molecular weight excluding hydrogens is 433 g/mol. The predicted molar refractivity (Wildman–Crippen MR) is 122 cm³/mol. The molecule has 0 saturated carbocycles. The molecule has 152 valence electrons. The summed E-state index contributed by atoms with van der Waals surface area (Å²) in [5.74, 6) is -0.0236. The Morgan fingerprint density at radius 3 is 2.77 bits per heavy atom. The molecule has 1 aliphatic heterocycles. The standard InChI is InChI=1S/C23H14FN3O2S2/c24-15-6-8-16(9-7-15)26-23-27-22(28)19(31-23)13-17-10-11-20(29-17)30-18-5-1-3-14-4-2-12-25-21(14)18/h1-13H,(H,26,27,28)/b19-13-. The van der Waals surface area contributed by atoms with Gasteiger partial charge >= 0.3 is 0 Å². The lowest BCUT2D eigenvalue weighted by Crippen LogP contribution is -2.19. The van der Waals surface area contributed by atoms with Crippen LogP contribution in [0.1, 0.15) is 5.76 Å². The highest BCUT2D eigenvalue weighted by Crippen LogP contribution is 2.35. The highest BCUT2D eigenvalue weighted by atomic mass is 32.2. The first kappa shape index (κ1) is 19.6. The number of hydrogen-bond donors (Lipinski definition) is 1. The number of amidine groups is 1. The lowest BCUT2D eigenvalue weighted by molar-refractivity contribution is -0.115. The smallest absolute Gasteiger partial charge is 0.264 e. The number of carbonyl (C=O) groups is 1. The number of fused-ring (bicyclic) bond motifs is 1. The fraction of sp³-hybridized carbons (Fsp3) is 0. The van der Waals surface area contributed by atoms with E-state index in [2.05, 4.69) is 15.3 Å². The van der Waals surface area contributed by atoms with E-state index in [0.29, 0.717) is 26.6 Å². The Balaban J connectivity index is 1.34. The molecule has 1 N–H and O–H groups in total. The van der Waals surface area contributed by atoms with Crippen LogP contribution in [0.3, 0.4) is 0 Å². The molecular formula is C23H14FN3O2S2. The van der Waals surface area contributed by atoms with E-state index in [4.69, 9.17) is 4.42 Å². The predicted octanol–water partition coefficient (Wildman–Crippen LogP) is 6.01. The van der Waals surface area contributed by atoms with Crippen molar-refractivity contribution >= 4 is 57.3 Å². The van der Waals surface area contributed by atoms with Gasteiger partial charge in [-0.25, -0.2) is 9.38 Å². The van der Waals surface area contributed by atoms with Gasteiger partial charge in [0.25, 0.3) is 5.91 Å². The van der Waals surface area contributed by atoms with Crippen molar-refractivity contribution in [3.05, 3.63) is 89.4 Å². The monoisotopic (exact) mass is 447 g/mol. The molecule has 31 heavy (non-hydrogen) atoms. The Bertz CT molecular complexity index is 1340. The number of amides is 1. The van der Waals surface area contributed by atoms with E-state index >= 15 is 0 Å². The number of benzene rings is 2. The Morgan fingerprint density at radius 1 is 1.06 bits per heavy atom. The van der Waals surface area contributed by atoms with Crippen LogP contribution < -0.4 is 5.32 Å². The van der Waals surface area contributed by atoms with Gasteiger partial charge in [0.05, 0.1) is 16.1 Å². The Kier molecular flexibility index (Phi) is 5.31. The summed E-state index contributed by atoms with van der Waals surface area (Å²) in [7, 11) is 0. The molecule has 0 radical (unpaired) electrons. The normalized spacial score (nSPS) is 16.4. The highest BCUT2D eigenvalue weighted by Gasteiger charge is 2.24. The first-order valence-electron chi connectivity index (χ1n) is 9.31. The molecule has 0 aliphatic carbocycles. The molecule has 5 nitrogen and oxygen atoms in total. The molecule has 8 heteroatoms. The van der Waals surface area contributed by atoms with E-state index < -0.39 is 0 Å². The van der Waals surface area contributed by atoms with Crippen molar-refractivity contribution < 1.29 is 13.6 Å². The number of rotatable bonds is 4. The van der Waals surface area contributed by atoms with E-state index in [1.54, 1.807) is 24.4 Å². The summed E-state index contributed by atoms with van der Waals surface area (Å²) in [6.45, 7) is 0. The number of furan rings is 1. The van der Waals surface area contributed by atoms with Gasteiger partial charge in [-0.15, -0.1) is 0 Å². The fourth-order valence-corrected chi connectivity index (χ4v) is 4.70. The van der Waals surface area contributed by atoms with Crippen LogP contribution >= 0.6 is 23.5 Å². The summed E-state index contributed by atoms with van der Waals surface area (Å²) in [6.07, 6.45) is 3.45. The minimum Gasteiger partial charge on any atom is -0.450 e. The molecule has 0 bridgehead atoms. The molecule has 0 unspecified atom stereocenters. The zero-order valence-corrected chi connectivity index (χ0v) is 17.5. The SMILES string of the molecule is O=C1NC(=Nc2ccc(F)cc2)S/C1=C\c1ccc(Sc2cccc3cccnc23)o1. The van der Waals surface area contributed by atoms with Gasteiger partial charge in [0.2, 0.25) is 0 Å². The molecule has 0 spiro atoms. The molecule has 3 heterocycles. The minimum atomic E-state index is -0.335. The zero-order valence-electron chi connectivity index (χ0n) is 15.9. The van der Waals surface area contributed by atoms with Gasteiger partial charge in [0, 0.05) is 22.6 Å². The van der Waals surface area contributed by atoms with Crippen molar-refractivity contribution in [3.63, 3.8) is 0 Å².